The Hall–Kier alpha value is -2.63. The van der Waals surface area contributed by atoms with Gasteiger partial charge in [-0.25, -0.2) is 14.4 Å². The van der Waals surface area contributed by atoms with Crippen LogP contribution in [-0.4, -0.2) is 20.1 Å². The molecule has 22 heavy (non-hydrogen) atoms. The number of aryl methyl sites for hydroxylation is 1. The van der Waals surface area contributed by atoms with Gasteiger partial charge in [0.25, 0.3) is 5.89 Å². The first-order valence-corrected chi connectivity index (χ1v) is 7.14. The smallest absolute Gasteiger partial charge is 0.261 e. The molecule has 1 aliphatic rings. The van der Waals surface area contributed by atoms with Crippen molar-refractivity contribution in [1.82, 2.24) is 20.1 Å². The maximum Gasteiger partial charge on any atom is 0.261 e. The van der Waals surface area contributed by atoms with Gasteiger partial charge in [-0.1, -0.05) is 11.2 Å². The van der Waals surface area contributed by atoms with Crippen molar-refractivity contribution in [2.45, 2.75) is 25.7 Å². The zero-order valence-corrected chi connectivity index (χ0v) is 12.0. The van der Waals surface area contributed by atoms with E-state index in [-0.39, 0.29) is 17.5 Å². The highest BCUT2D eigenvalue weighted by atomic mass is 19.1. The molecular formula is C16H13FN4O. The molecule has 6 heteroatoms. The largest absolute Gasteiger partial charge is 0.333 e. The second-order valence-corrected chi connectivity index (χ2v) is 5.46. The van der Waals surface area contributed by atoms with Gasteiger partial charge in [0, 0.05) is 11.9 Å². The van der Waals surface area contributed by atoms with E-state index in [0.717, 1.165) is 24.1 Å². The van der Waals surface area contributed by atoms with Gasteiger partial charge >= 0.3 is 0 Å². The van der Waals surface area contributed by atoms with Gasteiger partial charge in [-0.2, -0.15) is 4.98 Å². The maximum atomic E-state index is 14.1. The molecule has 110 valence electrons. The molecule has 0 aliphatic heterocycles. The topological polar surface area (TPSA) is 64.7 Å². The molecule has 2 aromatic heterocycles. The third kappa shape index (κ3) is 2.36. The molecule has 0 unspecified atom stereocenters. The first-order chi connectivity index (χ1) is 10.7. The Kier molecular flexibility index (Phi) is 2.96. The first kappa shape index (κ1) is 13.1. The molecule has 5 nitrogen and oxygen atoms in total. The molecule has 0 N–H and O–H groups in total. The lowest BCUT2D eigenvalue weighted by Crippen LogP contribution is -1.92. The van der Waals surface area contributed by atoms with Gasteiger partial charge in [0.05, 0.1) is 5.56 Å². The molecule has 0 radical (unpaired) electrons. The quantitative estimate of drug-likeness (QED) is 0.740. The normalized spacial score (nSPS) is 14.3. The summed E-state index contributed by atoms with van der Waals surface area (Å²) in [5.74, 6) is 0.940. The second kappa shape index (κ2) is 4.98. The van der Waals surface area contributed by atoms with Crippen LogP contribution in [0.15, 0.2) is 35.0 Å². The van der Waals surface area contributed by atoms with Crippen LogP contribution in [-0.2, 0) is 0 Å². The van der Waals surface area contributed by atoms with Crippen molar-refractivity contribution in [2.75, 3.05) is 0 Å². The number of hydrogen-bond donors (Lipinski definition) is 0. The van der Waals surface area contributed by atoms with Crippen LogP contribution < -0.4 is 0 Å². The summed E-state index contributed by atoms with van der Waals surface area (Å²) in [6.45, 7) is 1.85. The molecule has 0 bridgehead atoms. The van der Waals surface area contributed by atoms with Crippen molar-refractivity contribution < 1.29 is 8.91 Å². The minimum absolute atomic E-state index is 0.153. The summed E-state index contributed by atoms with van der Waals surface area (Å²) in [6.07, 6.45) is 3.93. The molecule has 1 aromatic carbocycles. The Labute approximate surface area is 126 Å². The number of rotatable bonds is 3. The Morgan fingerprint density at radius 2 is 2.00 bits per heavy atom. The number of benzene rings is 1. The SMILES string of the molecule is Cc1ccnc(-c2noc(-c3cc(C4CC4)ccc3F)n2)n1. The highest BCUT2D eigenvalue weighted by Crippen LogP contribution is 2.41. The summed E-state index contributed by atoms with van der Waals surface area (Å²) in [5, 5.41) is 3.86. The fraction of sp³-hybridized carbons (Fsp3) is 0.250. The summed E-state index contributed by atoms with van der Waals surface area (Å²) in [6, 6.07) is 6.85. The van der Waals surface area contributed by atoms with Crippen LogP contribution in [0.2, 0.25) is 0 Å². The molecule has 0 amide bonds. The summed E-state index contributed by atoms with van der Waals surface area (Å²) < 4.78 is 19.3. The summed E-state index contributed by atoms with van der Waals surface area (Å²) in [7, 11) is 0. The van der Waals surface area contributed by atoms with Gasteiger partial charge in [0.1, 0.15) is 5.82 Å². The minimum atomic E-state index is -0.371. The van der Waals surface area contributed by atoms with E-state index in [1.54, 1.807) is 18.3 Å². The lowest BCUT2D eigenvalue weighted by atomic mass is 10.1. The average Bonchev–Trinajstić information content (AvgIpc) is 3.25. The minimum Gasteiger partial charge on any atom is -0.333 e. The molecular weight excluding hydrogens is 283 g/mol. The molecule has 4 rings (SSSR count). The van der Waals surface area contributed by atoms with Gasteiger partial charge in [-0.3, -0.25) is 0 Å². The third-order valence-corrected chi connectivity index (χ3v) is 3.69. The first-order valence-electron chi connectivity index (χ1n) is 7.14. The number of hydrogen-bond acceptors (Lipinski definition) is 5. The second-order valence-electron chi connectivity index (χ2n) is 5.46. The number of nitrogens with zero attached hydrogens (tertiary/aromatic N) is 4. The van der Waals surface area contributed by atoms with E-state index in [4.69, 9.17) is 4.52 Å². The molecule has 1 saturated carbocycles. The lowest BCUT2D eigenvalue weighted by molar-refractivity contribution is 0.429. The molecule has 0 saturated heterocycles. The van der Waals surface area contributed by atoms with E-state index in [2.05, 4.69) is 20.1 Å². The molecule has 3 aromatic rings. The van der Waals surface area contributed by atoms with Crippen LogP contribution in [0.25, 0.3) is 23.1 Å². The van der Waals surface area contributed by atoms with E-state index in [1.807, 2.05) is 13.0 Å². The van der Waals surface area contributed by atoms with Crippen molar-refractivity contribution in [3.8, 4) is 23.1 Å². The molecule has 0 spiro atoms. The van der Waals surface area contributed by atoms with E-state index in [1.165, 1.54) is 6.07 Å². The summed E-state index contributed by atoms with van der Waals surface area (Å²) >= 11 is 0. The van der Waals surface area contributed by atoms with Gasteiger partial charge < -0.3 is 4.52 Å². The van der Waals surface area contributed by atoms with Crippen LogP contribution in [0, 0.1) is 12.7 Å². The molecule has 0 atom stereocenters. The van der Waals surface area contributed by atoms with Gasteiger partial charge in [-0.05, 0) is 49.4 Å². The maximum absolute atomic E-state index is 14.1. The number of halogens is 1. The average molecular weight is 296 g/mol. The van der Waals surface area contributed by atoms with Crippen LogP contribution in [0.1, 0.15) is 30.0 Å². The van der Waals surface area contributed by atoms with E-state index in [9.17, 15) is 4.39 Å². The highest BCUT2D eigenvalue weighted by Gasteiger charge is 2.25. The monoisotopic (exact) mass is 296 g/mol. The Balaban J connectivity index is 1.73. The third-order valence-electron chi connectivity index (χ3n) is 3.69. The fourth-order valence-corrected chi connectivity index (χ4v) is 2.36. The van der Waals surface area contributed by atoms with E-state index in [0.29, 0.717) is 17.3 Å². The molecule has 2 heterocycles. The zero-order chi connectivity index (χ0) is 15.1. The Morgan fingerprint density at radius 1 is 1.14 bits per heavy atom. The molecule has 1 fully saturated rings. The predicted molar refractivity (Wildman–Crippen MR) is 77.4 cm³/mol. The standard InChI is InChI=1S/C16H13FN4O/c1-9-6-7-18-14(19-9)15-20-16(22-21-15)12-8-11(10-2-3-10)4-5-13(12)17/h4-8,10H,2-3H2,1H3. The van der Waals surface area contributed by atoms with Gasteiger partial charge in [-0.15, -0.1) is 0 Å². The van der Waals surface area contributed by atoms with Crippen molar-refractivity contribution in [2.24, 2.45) is 0 Å². The van der Waals surface area contributed by atoms with Crippen molar-refractivity contribution in [3.05, 3.63) is 47.5 Å². The van der Waals surface area contributed by atoms with Crippen LogP contribution in [0.4, 0.5) is 4.39 Å². The van der Waals surface area contributed by atoms with Crippen LogP contribution >= 0.6 is 0 Å². The highest BCUT2D eigenvalue weighted by molar-refractivity contribution is 5.58. The predicted octanol–water partition coefficient (Wildman–Crippen LogP) is 3.52. The van der Waals surface area contributed by atoms with Crippen LogP contribution in [0.3, 0.4) is 0 Å². The van der Waals surface area contributed by atoms with E-state index >= 15 is 0 Å². The Bertz CT molecular complexity index is 842. The summed E-state index contributed by atoms with van der Waals surface area (Å²) in [4.78, 5) is 12.6. The Morgan fingerprint density at radius 3 is 2.77 bits per heavy atom. The van der Waals surface area contributed by atoms with Crippen molar-refractivity contribution in [1.29, 1.82) is 0 Å². The van der Waals surface area contributed by atoms with Crippen molar-refractivity contribution in [3.63, 3.8) is 0 Å². The van der Waals surface area contributed by atoms with Gasteiger partial charge in [0.2, 0.25) is 11.6 Å². The fourth-order valence-electron chi connectivity index (χ4n) is 2.36. The van der Waals surface area contributed by atoms with Gasteiger partial charge in [0.15, 0.2) is 0 Å². The summed E-state index contributed by atoms with van der Waals surface area (Å²) in [5.41, 5.74) is 2.25. The molecule has 1 aliphatic carbocycles. The van der Waals surface area contributed by atoms with Crippen LogP contribution in [0.5, 0.6) is 0 Å². The van der Waals surface area contributed by atoms with Crippen molar-refractivity contribution >= 4 is 0 Å². The lowest BCUT2D eigenvalue weighted by Gasteiger charge is -2.01. The zero-order valence-electron chi connectivity index (χ0n) is 12.0. The van der Waals surface area contributed by atoms with E-state index < -0.39 is 0 Å². The number of aromatic nitrogens is 4.